The molecule has 3 aromatic rings. The highest BCUT2D eigenvalue weighted by Gasteiger charge is 2.17. The van der Waals surface area contributed by atoms with Gasteiger partial charge >= 0.3 is 0 Å². The van der Waals surface area contributed by atoms with E-state index >= 15 is 0 Å². The maximum Gasteiger partial charge on any atom is 0.227 e. The molecular formula is C26H33N7O3. The monoisotopic (exact) mass is 491 g/mol. The number of benzene rings is 1. The third-order valence-electron chi connectivity index (χ3n) is 6.41. The van der Waals surface area contributed by atoms with Crippen LogP contribution in [0.2, 0.25) is 0 Å². The fraction of sp³-hybridized carbons (Fsp3) is 0.423. The Balaban J connectivity index is 1.34. The highest BCUT2D eigenvalue weighted by molar-refractivity contribution is 5.71. The molecule has 10 nitrogen and oxygen atoms in total. The van der Waals surface area contributed by atoms with Gasteiger partial charge in [-0.2, -0.15) is 0 Å². The molecule has 5 rings (SSSR count). The van der Waals surface area contributed by atoms with Gasteiger partial charge in [0.05, 0.1) is 56.7 Å². The van der Waals surface area contributed by atoms with Crippen LogP contribution >= 0.6 is 0 Å². The van der Waals surface area contributed by atoms with E-state index in [0.29, 0.717) is 12.5 Å². The van der Waals surface area contributed by atoms with Crippen LogP contribution in [0, 0.1) is 6.92 Å². The second-order valence-corrected chi connectivity index (χ2v) is 8.92. The van der Waals surface area contributed by atoms with Crippen LogP contribution in [0.15, 0.2) is 42.7 Å². The van der Waals surface area contributed by atoms with Gasteiger partial charge in [-0.25, -0.2) is 9.97 Å². The second-order valence-electron chi connectivity index (χ2n) is 8.92. The summed E-state index contributed by atoms with van der Waals surface area (Å²) in [6, 6.07) is 10.4. The number of morpholine rings is 2. The predicted molar refractivity (Wildman–Crippen MR) is 140 cm³/mol. The van der Waals surface area contributed by atoms with E-state index in [1.165, 1.54) is 0 Å². The number of aryl methyl sites for hydroxylation is 1. The van der Waals surface area contributed by atoms with Crippen molar-refractivity contribution in [3.8, 4) is 0 Å². The average molecular weight is 492 g/mol. The van der Waals surface area contributed by atoms with Crippen molar-refractivity contribution in [2.75, 3.05) is 73.0 Å². The van der Waals surface area contributed by atoms with Gasteiger partial charge in [0, 0.05) is 55.6 Å². The van der Waals surface area contributed by atoms with Gasteiger partial charge in [-0.1, -0.05) is 0 Å². The molecule has 2 saturated heterocycles. The standard InChI is InChI=1S/C26H33N7O3/c1-19-25(12-20(18-34)16-28-19)29-17-21-2-3-27-26(30-21)31-22-13-23(32-4-8-35-9-5-32)15-24(14-22)33-6-10-36-11-7-33/h2-3,12-16,29,34H,4-11,17-18H2,1H3,(H,27,30,31). The van der Waals surface area contributed by atoms with E-state index in [1.54, 1.807) is 12.4 Å². The molecule has 2 fully saturated rings. The van der Waals surface area contributed by atoms with E-state index in [2.05, 4.69) is 48.6 Å². The van der Waals surface area contributed by atoms with Crippen molar-refractivity contribution in [2.45, 2.75) is 20.1 Å². The normalized spacial score (nSPS) is 16.2. The van der Waals surface area contributed by atoms with Gasteiger partial charge in [-0.3, -0.25) is 4.98 Å². The molecule has 0 unspecified atom stereocenters. The van der Waals surface area contributed by atoms with E-state index < -0.39 is 0 Å². The summed E-state index contributed by atoms with van der Waals surface area (Å²) in [5, 5.41) is 16.2. The lowest BCUT2D eigenvalue weighted by molar-refractivity contribution is 0.122. The van der Waals surface area contributed by atoms with Crippen molar-refractivity contribution in [1.29, 1.82) is 0 Å². The molecule has 0 radical (unpaired) electrons. The molecule has 36 heavy (non-hydrogen) atoms. The van der Waals surface area contributed by atoms with Crippen LogP contribution in [0.4, 0.5) is 28.7 Å². The zero-order valence-electron chi connectivity index (χ0n) is 20.6. The van der Waals surface area contributed by atoms with Gasteiger partial charge in [0.15, 0.2) is 0 Å². The molecule has 190 valence electrons. The zero-order chi connectivity index (χ0) is 24.7. The van der Waals surface area contributed by atoms with Gasteiger partial charge in [0.1, 0.15) is 0 Å². The van der Waals surface area contributed by atoms with Crippen LogP contribution in [-0.2, 0) is 22.6 Å². The lowest BCUT2D eigenvalue weighted by atomic mass is 10.2. The second kappa shape index (κ2) is 11.5. The summed E-state index contributed by atoms with van der Waals surface area (Å²) in [5.74, 6) is 0.542. The number of anilines is 5. The van der Waals surface area contributed by atoms with Crippen molar-refractivity contribution >= 4 is 28.7 Å². The Labute approximate surface area is 211 Å². The first-order valence-electron chi connectivity index (χ1n) is 12.4. The van der Waals surface area contributed by atoms with E-state index in [1.807, 2.05) is 19.1 Å². The molecule has 10 heteroatoms. The first-order chi connectivity index (χ1) is 17.7. The van der Waals surface area contributed by atoms with Crippen molar-refractivity contribution in [2.24, 2.45) is 0 Å². The number of pyridine rings is 1. The molecule has 0 amide bonds. The van der Waals surface area contributed by atoms with Gasteiger partial charge in [-0.15, -0.1) is 0 Å². The smallest absolute Gasteiger partial charge is 0.227 e. The first kappa shape index (κ1) is 24.2. The topological polar surface area (TPSA) is 108 Å². The van der Waals surface area contributed by atoms with Crippen LogP contribution in [0.1, 0.15) is 17.0 Å². The lowest BCUT2D eigenvalue weighted by Gasteiger charge is -2.33. The highest BCUT2D eigenvalue weighted by Crippen LogP contribution is 2.30. The van der Waals surface area contributed by atoms with Gasteiger partial charge in [0.25, 0.3) is 0 Å². The van der Waals surface area contributed by atoms with Crippen LogP contribution in [0.25, 0.3) is 0 Å². The fourth-order valence-corrected chi connectivity index (χ4v) is 4.39. The number of aromatic nitrogens is 3. The molecule has 1 aromatic carbocycles. The third kappa shape index (κ3) is 6.01. The van der Waals surface area contributed by atoms with Gasteiger partial charge in [0.2, 0.25) is 5.95 Å². The number of rotatable bonds is 8. The number of aliphatic hydroxyl groups is 1. The quantitative estimate of drug-likeness (QED) is 0.435. The third-order valence-corrected chi connectivity index (χ3v) is 6.41. The molecule has 0 bridgehead atoms. The summed E-state index contributed by atoms with van der Waals surface area (Å²) in [5.41, 5.74) is 6.63. The van der Waals surface area contributed by atoms with Crippen LogP contribution in [-0.4, -0.2) is 72.7 Å². The Morgan fingerprint density at radius 2 is 1.58 bits per heavy atom. The number of ether oxygens (including phenoxy) is 2. The SMILES string of the molecule is Cc1ncc(CO)cc1NCc1ccnc(Nc2cc(N3CCOCC3)cc(N3CCOCC3)c2)n1. The number of aliphatic hydroxyl groups excluding tert-OH is 1. The molecule has 0 saturated carbocycles. The number of nitrogens with one attached hydrogen (secondary N) is 2. The minimum Gasteiger partial charge on any atom is -0.392 e. The van der Waals surface area contributed by atoms with Crippen molar-refractivity contribution in [3.63, 3.8) is 0 Å². The summed E-state index contributed by atoms with van der Waals surface area (Å²) in [6.45, 7) is 8.83. The Bertz CT molecular complexity index is 1130. The summed E-state index contributed by atoms with van der Waals surface area (Å²) < 4.78 is 11.1. The molecule has 2 aliphatic heterocycles. The lowest BCUT2D eigenvalue weighted by Crippen LogP contribution is -2.38. The molecule has 0 atom stereocenters. The Morgan fingerprint density at radius 3 is 2.22 bits per heavy atom. The van der Waals surface area contributed by atoms with Gasteiger partial charge in [-0.05, 0) is 42.8 Å². The summed E-state index contributed by atoms with van der Waals surface area (Å²) in [6.07, 6.45) is 3.44. The van der Waals surface area contributed by atoms with E-state index in [0.717, 1.165) is 92.3 Å². The minimum atomic E-state index is -0.0422. The molecule has 3 N–H and O–H groups in total. The molecule has 0 aliphatic carbocycles. The summed E-state index contributed by atoms with van der Waals surface area (Å²) in [4.78, 5) is 18.2. The van der Waals surface area contributed by atoms with Crippen molar-refractivity contribution < 1.29 is 14.6 Å². The average Bonchev–Trinajstić information content (AvgIpc) is 2.93. The fourth-order valence-electron chi connectivity index (χ4n) is 4.39. The van der Waals surface area contributed by atoms with Crippen LogP contribution in [0.3, 0.4) is 0 Å². The van der Waals surface area contributed by atoms with Crippen LogP contribution in [0.5, 0.6) is 0 Å². The number of hydrogen-bond acceptors (Lipinski definition) is 10. The molecule has 0 spiro atoms. The summed E-state index contributed by atoms with van der Waals surface area (Å²) in [7, 11) is 0. The molecular weight excluding hydrogens is 458 g/mol. The summed E-state index contributed by atoms with van der Waals surface area (Å²) >= 11 is 0. The molecule has 2 aliphatic rings. The van der Waals surface area contributed by atoms with E-state index in [4.69, 9.17) is 14.5 Å². The maximum absolute atomic E-state index is 9.41. The van der Waals surface area contributed by atoms with Crippen LogP contribution < -0.4 is 20.4 Å². The van der Waals surface area contributed by atoms with E-state index in [9.17, 15) is 5.11 Å². The molecule has 4 heterocycles. The Hall–Kier alpha value is -3.47. The number of hydrogen-bond donors (Lipinski definition) is 3. The van der Waals surface area contributed by atoms with Crippen molar-refractivity contribution in [1.82, 2.24) is 15.0 Å². The van der Waals surface area contributed by atoms with Gasteiger partial charge < -0.3 is 35.0 Å². The minimum absolute atomic E-state index is 0.0422. The first-order valence-corrected chi connectivity index (χ1v) is 12.4. The maximum atomic E-state index is 9.41. The van der Waals surface area contributed by atoms with Crippen molar-refractivity contribution in [3.05, 3.63) is 59.7 Å². The Morgan fingerprint density at radius 1 is 0.917 bits per heavy atom. The highest BCUT2D eigenvalue weighted by atomic mass is 16.5. The Kier molecular flexibility index (Phi) is 7.75. The zero-order valence-corrected chi connectivity index (χ0v) is 20.6. The number of nitrogens with zero attached hydrogens (tertiary/aromatic N) is 5. The predicted octanol–water partition coefficient (Wildman–Crippen LogP) is 2.70. The van der Waals surface area contributed by atoms with E-state index in [-0.39, 0.29) is 6.61 Å². The molecule has 2 aromatic heterocycles. The largest absolute Gasteiger partial charge is 0.392 e.